The number of rotatable bonds is 13. The van der Waals surface area contributed by atoms with Gasteiger partial charge in [-0.3, -0.25) is 0 Å². The van der Waals surface area contributed by atoms with E-state index in [-0.39, 0.29) is 0 Å². The summed E-state index contributed by atoms with van der Waals surface area (Å²) in [6.45, 7) is 2.28. The van der Waals surface area contributed by atoms with Gasteiger partial charge in [-0.1, -0.05) is 6.92 Å². The Morgan fingerprint density at radius 3 is 1.57 bits per heavy atom. The molecule has 192 valence electrons. The van der Waals surface area contributed by atoms with Crippen LogP contribution < -0.4 is 15.9 Å². The fourth-order valence-electron chi connectivity index (χ4n) is 5.35. The van der Waals surface area contributed by atoms with Crippen LogP contribution in [0.3, 0.4) is 0 Å². The topological polar surface area (TPSA) is 0 Å². The quantitative estimate of drug-likeness (QED) is 0.111. The Hall–Kier alpha value is -2.47. The first-order valence-electron chi connectivity index (χ1n) is 13.8. The third-order valence-electron chi connectivity index (χ3n) is 7.43. The van der Waals surface area contributed by atoms with E-state index in [9.17, 15) is 0 Å². The van der Waals surface area contributed by atoms with Gasteiger partial charge >= 0.3 is 226 Å². The molecule has 0 amide bonds. The first kappa shape index (κ1) is 27.6. The van der Waals surface area contributed by atoms with Crippen molar-refractivity contribution in [1.82, 2.24) is 0 Å². The number of allylic oxidation sites excluding steroid dienone is 1. The van der Waals surface area contributed by atoms with Crippen LogP contribution >= 0.6 is 20.8 Å². The maximum absolute atomic E-state index is 4.62. The van der Waals surface area contributed by atoms with E-state index in [0.717, 1.165) is 12.6 Å². The predicted molar refractivity (Wildman–Crippen MR) is 171 cm³/mol. The average Bonchev–Trinajstić information content (AvgIpc) is 2.97. The van der Waals surface area contributed by atoms with Gasteiger partial charge in [0.25, 0.3) is 0 Å². The zero-order chi connectivity index (χ0) is 25.8. The van der Waals surface area contributed by atoms with Crippen molar-refractivity contribution in [2.45, 2.75) is 58.0 Å². The van der Waals surface area contributed by atoms with Crippen molar-refractivity contribution >= 4 is 42.8 Å². The van der Waals surface area contributed by atoms with Crippen molar-refractivity contribution in [2.75, 3.05) is 0 Å². The second-order valence-corrected chi connectivity index (χ2v) is 18.9. The maximum atomic E-state index is 4.62. The molecule has 0 aliphatic rings. The molecule has 0 unspecified atom stereocenters. The van der Waals surface area contributed by atoms with Crippen LogP contribution in [-0.4, -0.2) is 0 Å². The molecule has 0 saturated carbocycles. The molecule has 0 N–H and O–H groups in total. The molecule has 0 aliphatic carbocycles. The van der Waals surface area contributed by atoms with Crippen LogP contribution in [0.5, 0.6) is 0 Å². The van der Waals surface area contributed by atoms with Gasteiger partial charge in [0.2, 0.25) is 0 Å². The summed E-state index contributed by atoms with van der Waals surface area (Å²) in [7, 11) is 0. The van der Waals surface area contributed by atoms with Gasteiger partial charge in [0, 0.05) is 0 Å². The van der Waals surface area contributed by atoms with E-state index in [1.54, 1.807) is 0 Å². The summed E-state index contributed by atoms with van der Waals surface area (Å²) in [4.78, 5) is 0. The Labute approximate surface area is 232 Å². The molecule has 0 fully saturated rings. The van der Waals surface area contributed by atoms with Gasteiger partial charge in [-0.25, -0.2) is 0 Å². The van der Waals surface area contributed by atoms with Crippen LogP contribution in [0.1, 0.15) is 63.0 Å². The molecule has 37 heavy (non-hydrogen) atoms. The molecule has 0 atom stereocenters. The monoisotopic (exact) mass is 570 g/mol. The summed E-state index contributed by atoms with van der Waals surface area (Å²) in [5.74, 6) is 0. The summed E-state index contributed by atoms with van der Waals surface area (Å²) in [5, 5.41) is 1.06. The van der Waals surface area contributed by atoms with Crippen molar-refractivity contribution in [3.63, 3.8) is 0 Å². The van der Waals surface area contributed by atoms with Crippen molar-refractivity contribution < 1.29 is 0 Å². The Balaban J connectivity index is 1.74. The van der Waals surface area contributed by atoms with Gasteiger partial charge in [-0.2, -0.15) is 0 Å². The van der Waals surface area contributed by atoms with Crippen molar-refractivity contribution in [1.29, 1.82) is 0 Å². The van der Waals surface area contributed by atoms with Gasteiger partial charge in [-0.15, -0.1) is 0 Å². The predicted octanol–water partition coefficient (Wildman–Crippen LogP) is 9.79. The van der Waals surface area contributed by atoms with E-state index in [4.69, 9.17) is 0 Å². The van der Waals surface area contributed by atoms with Gasteiger partial charge in [0.1, 0.15) is 0 Å². The minimum absolute atomic E-state index is 0.918. The fraction of sp³-hybridized carbons (Fsp3) is 0.257. The molecule has 4 aromatic carbocycles. The molecule has 4 rings (SSSR count). The molecule has 0 bridgehead atoms. The van der Waals surface area contributed by atoms with Crippen LogP contribution in [-0.2, 0) is 6.16 Å². The van der Waals surface area contributed by atoms with Crippen LogP contribution in [0.15, 0.2) is 121 Å². The Kier molecular flexibility index (Phi) is 9.95. The third-order valence-corrected chi connectivity index (χ3v) is 16.9. The SMILES string of the molecule is CCCCCCCC/C=C\c1ccccc1CP(Br)(c1ccccc1)(c1ccccc1)c1ccccc1. The second kappa shape index (κ2) is 13.4. The molecule has 0 aromatic heterocycles. The van der Waals surface area contributed by atoms with E-state index in [1.165, 1.54) is 65.6 Å². The molecule has 2 heteroatoms. The molecular weight excluding hydrogens is 531 g/mol. The van der Waals surface area contributed by atoms with E-state index < -0.39 is 5.31 Å². The Morgan fingerprint density at radius 2 is 1.03 bits per heavy atom. The summed E-state index contributed by atoms with van der Waals surface area (Å²) >= 11 is 4.62. The zero-order valence-corrected chi connectivity index (χ0v) is 24.6. The normalized spacial score (nSPS) is 12.9. The Bertz CT molecular complexity index is 1150. The molecule has 0 nitrogen and oxygen atoms in total. The van der Waals surface area contributed by atoms with Crippen LogP contribution in [0.2, 0.25) is 0 Å². The first-order valence-corrected chi connectivity index (χ1v) is 18.2. The van der Waals surface area contributed by atoms with E-state index in [0.29, 0.717) is 0 Å². The van der Waals surface area contributed by atoms with Crippen LogP contribution in [0.25, 0.3) is 6.08 Å². The molecule has 0 radical (unpaired) electrons. The van der Waals surface area contributed by atoms with Gasteiger partial charge < -0.3 is 0 Å². The number of hydrogen-bond donors (Lipinski definition) is 0. The summed E-state index contributed by atoms with van der Waals surface area (Å²) in [5.41, 5.74) is 2.71. The minimum atomic E-state index is -3.01. The zero-order valence-electron chi connectivity index (χ0n) is 22.1. The van der Waals surface area contributed by atoms with Crippen LogP contribution in [0.4, 0.5) is 0 Å². The number of benzene rings is 4. The van der Waals surface area contributed by atoms with Crippen molar-refractivity contribution in [2.24, 2.45) is 0 Å². The number of unbranched alkanes of at least 4 members (excludes halogenated alkanes) is 6. The molecule has 0 heterocycles. The fourth-order valence-corrected chi connectivity index (χ4v) is 13.0. The third kappa shape index (κ3) is 6.34. The van der Waals surface area contributed by atoms with E-state index in [1.807, 2.05) is 0 Å². The molecule has 0 saturated heterocycles. The van der Waals surface area contributed by atoms with Crippen molar-refractivity contribution in [3.8, 4) is 0 Å². The molecule has 0 aliphatic heterocycles. The first-order chi connectivity index (χ1) is 18.2. The standard InChI is InChI=1S/C35H40BrP/c1-2-3-4-5-6-7-8-12-21-31-22-19-20-23-32(31)30-37(36,33-24-13-9-14-25-33,34-26-15-10-16-27-34)35-28-17-11-18-29-35/h9-29H,2-8,30H2,1H3/b21-12-. The Morgan fingerprint density at radius 1 is 0.568 bits per heavy atom. The molecule has 4 aromatic rings. The molecule has 0 spiro atoms. The number of hydrogen-bond acceptors (Lipinski definition) is 0. The second-order valence-electron chi connectivity index (χ2n) is 10.0. The van der Waals surface area contributed by atoms with Gasteiger partial charge in [0.05, 0.1) is 0 Å². The van der Waals surface area contributed by atoms with Gasteiger partial charge in [0.15, 0.2) is 0 Å². The average molecular weight is 572 g/mol. The van der Waals surface area contributed by atoms with Crippen LogP contribution in [0, 0.1) is 0 Å². The summed E-state index contributed by atoms with van der Waals surface area (Å²) in [6.07, 6.45) is 14.8. The van der Waals surface area contributed by atoms with E-state index in [2.05, 4.69) is 150 Å². The van der Waals surface area contributed by atoms with Crippen molar-refractivity contribution in [3.05, 3.63) is 132 Å². The van der Waals surface area contributed by atoms with Gasteiger partial charge in [-0.05, 0) is 0 Å². The van der Waals surface area contributed by atoms with E-state index >= 15 is 0 Å². The number of halogens is 1. The summed E-state index contributed by atoms with van der Waals surface area (Å²) in [6, 6.07) is 42.2. The summed E-state index contributed by atoms with van der Waals surface area (Å²) < 4.78 is 0. The molecular formula is C35H40BrP.